The molecular weight excluding hydrogens is 180 g/mol. The number of hydrogen-bond acceptors (Lipinski definition) is 3. The molecule has 0 spiro atoms. The first-order valence-corrected chi connectivity index (χ1v) is 4.38. The molecule has 2 aliphatic rings. The van der Waals surface area contributed by atoms with Crippen LogP contribution < -0.4 is 5.32 Å². The fraction of sp³-hybridized carbons (Fsp3) is 0.875. The minimum atomic E-state index is -2.59. The lowest BCUT2D eigenvalue weighted by Crippen LogP contribution is -2.38. The highest BCUT2D eigenvalue weighted by atomic mass is 19.3. The molecule has 1 aliphatic heterocycles. The average Bonchev–Trinajstić information content (AvgIpc) is 2.53. The summed E-state index contributed by atoms with van der Waals surface area (Å²) in [4.78, 5) is 11.1. The Bertz CT molecular complexity index is 230. The summed E-state index contributed by atoms with van der Waals surface area (Å²) >= 11 is 0. The number of ether oxygens (including phenoxy) is 1. The third kappa shape index (κ3) is 1.22. The van der Waals surface area contributed by atoms with Crippen molar-refractivity contribution in [3.8, 4) is 0 Å². The van der Waals surface area contributed by atoms with E-state index < -0.39 is 29.9 Å². The van der Waals surface area contributed by atoms with Crippen molar-refractivity contribution in [1.82, 2.24) is 5.32 Å². The number of alkyl halides is 2. The molecule has 0 bridgehead atoms. The van der Waals surface area contributed by atoms with Gasteiger partial charge in [-0.25, -0.2) is 8.78 Å². The maximum Gasteiger partial charge on any atom is 0.323 e. The van der Waals surface area contributed by atoms with Gasteiger partial charge in [-0.05, 0) is 13.3 Å². The molecule has 0 aromatic carbocycles. The van der Waals surface area contributed by atoms with E-state index in [1.165, 1.54) is 0 Å². The number of nitrogens with one attached hydrogen (secondary N) is 1. The zero-order chi connectivity index (χ0) is 9.64. The fourth-order valence-corrected chi connectivity index (χ4v) is 1.86. The molecule has 0 amide bonds. The summed E-state index contributed by atoms with van der Waals surface area (Å²) in [5.74, 6) is -3.66. The molecule has 1 aliphatic carbocycles. The quantitative estimate of drug-likeness (QED) is 0.647. The Morgan fingerprint density at radius 2 is 2.38 bits per heavy atom. The van der Waals surface area contributed by atoms with Crippen LogP contribution in [0.5, 0.6) is 0 Å². The summed E-state index contributed by atoms with van der Waals surface area (Å²) in [6.45, 7) is 1.99. The predicted octanol–water partition coefficient (Wildman–Crippen LogP) is 0.545. The highest BCUT2D eigenvalue weighted by Gasteiger charge is 2.72. The highest BCUT2D eigenvalue weighted by molar-refractivity contribution is 5.76. The molecule has 1 saturated heterocycles. The molecule has 13 heavy (non-hydrogen) atoms. The SMILES string of the molecule is CCOC(=O)[C@@H]1C[C@H]2[C@@H](N1)C2(F)F. The van der Waals surface area contributed by atoms with E-state index in [9.17, 15) is 13.6 Å². The molecule has 0 aromatic heterocycles. The zero-order valence-electron chi connectivity index (χ0n) is 7.22. The van der Waals surface area contributed by atoms with E-state index >= 15 is 0 Å². The Labute approximate surface area is 74.4 Å². The molecule has 3 nitrogen and oxygen atoms in total. The van der Waals surface area contributed by atoms with E-state index in [1.54, 1.807) is 6.92 Å². The minimum absolute atomic E-state index is 0.205. The summed E-state index contributed by atoms with van der Waals surface area (Å²) in [7, 11) is 0. The minimum Gasteiger partial charge on any atom is -0.465 e. The number of rotatable bonds is 2. The number of piperidine rings is 1. The van der Waals surface area contributed by atoms with Gasteiger partial charge in [0.1, 0.15) is 6.04 Å². The van der Waals surface area contributed by atoms with Gasteiger partial charge in [-0.2, -0.15) is 0 Å². The molecule has 1 N–H and O–H groups in total. The first kappa shape index (κ1) is 8.87. The molecule has 2 fully saturated rings. The predicted molar refractivity (Wildman–Crippen MR) is 40.4 cm³/mol. The van der Waals surface area contributed by atoms with Crippen LogP contribution in [0.4, 0.5) is 8.78 Å². The van der Waals surface area contributed by atoms with Crippen molar-refractivity contribution in [2.75, 3.05) is 6.61 Å². The van der Waals surface area contributed by atoms with Crippen LogP contribution in [0.25, 0.3) is 0 Å². The van der Waals surface area contributed by atoms with Crippen molar-refractivity contribution >= 4 is 5.97 Å². The summed E-state index contributed by atoms with van der Waals surface area (Å²) in [5.41, 5.74) is 0. The lowest BCUT2D eigenvalue weighted by Gasteiger charge is -2.13. The van der Waals surface area contributed by atoms with Crippen LogP contribution in [0.1, 0.15) is 13.3 Å². The van der Waals surface area contributed by atoms with Crippen molar-refractivity contribution in [2.24, 2.45) is 5.92 Å². The largest absolute Gasteiger partial charge is 0.465 e. The molecule has 5 heteroatoms. The van der Waals surface area contributed by atoms with Gasteiger partial charge >= 0.3 is 5.97 Å². The van der Waals surface area contributed by atoms with Crippen LogP contribution in [-0.2, 0) is 9.53 Å². The number of halogens is 2. The molecule has 0 radical (unpaired) electrons. The average molecular weight is 191 g/mol. The first-order chi connectivity index (χ1) is 6.07. The standard InChI is InChI=1S/C8H11F2NO2/c1-2-13-7(12)5-3-4-6(11-5)8(4,9)10/h4-6,11H,2-3H2,1H3/t4-,5-,6+/m0/s1. The summed E-state index contributed by atoms with van der Waals surface area (Å²) in [6, 6.07) is -1.31. The van der Waals surface area contributed by atoms with E-state index in [-0.39, 0.29) is 6.42 Å². The van der Waals surface area contributed by atoms with Gasteiger partial charge in [-0.15, -0.1) is 0 Å². The number of fused-ring (bicyclic) bond motifs is 1. The highest BCUT2D eigenvalue weighted by Crippen LogP contribution is 2.55. The Morgan fingerprint density at radius 3 is 2.85 bits per heavy atom. The van der Waals surface area contributed by atoms with E-state index in [1.807, 2.05) is 0 Å². The van der Waals surface area contributed by atoms with Gasteiger partial charge in [0.25, 0.3) is 5.92 Å². The number of hydrogen-bond donors (Lipinski definition) is 1. The molecule has 0 unspecified atom stereocenters. The smallest absolute Gasteiger partial charge is 0.323 e. The van der Waals surface area contributed by atoms with Gasteiger partial charge in [0.05, 0.1) is 12.6 Å². The lowest BCUT2D eigenvalue weighted by atomic mass is 10.2. The van der Waals surface area contributed by atoms with Crippen LogP contribution in [-0.4, -0.2) is 30.6 Å². The summed E-state index contributed by atoms with van der Waals surface area (Å²) in [6.07, 6.45) is 0.205. The molecule has 0 aromatic rings. The van der Waals surface area contributed by atoms with Gasteiger partial charge < -0.3 is 4.74 Å². The second-order valence-electron chi connectivity index (χ2n) is 3.47. The maximum atomic E-state index is 12.6. The molecular formula is C8H11F2NO2. The van der Waals surface area contributed by atoms with E-state index in [4.69, 9.17) is 4.74 Å². The van der Waals surface area contributed by atoms with Crippen LogP contribution in [0, 0.1) is 5.92 Å². The topological polar surface area (TPSA) is 38.3 Å². The van der Waals surface area contributed by atoms with E-state index in [0.29, 0.717) is 6.61 Å². The Morgan fingerprint density at radius 1 is 1.69 bits per heavy atom. The molecule has 1 heterocycles. The van der Waals surface area contributed by atoms with Gasteiger partial charge in [-0.3, -0.25) is 10.1 Å². The van der Waals surface area contributed by atoms with Crippen LogP contribution in [0.2, 0.25) is 0 Å². The second kappa shape index (κ2) is 2.64. The fourth-order valence-electron chi connectivity index (χ4n) is 1.86. The normalized spacial score (nSPS) is 39.8. The van der Waals surface area contributed by atoms with E-state index in [2.05, 4.69) is 5.32 Å². The molecule has 3 atom stereocenters. The van der Waals surface area contributed by atoms with Gasteiger partial charge in [0, 0.05) is 5.92 Å². The zero-order valence-corrected chi connectivity index (χ0v) is 7.22. The maximum absolute atomic E-state index is 12.6. The van der Waals surface area contributed by atoms with Crippen molar-refractivity contribution in [3.63, 3.8) is 0 Å². The van der Waals surface area contributed by atoms with E-state index in [0.717, 1.165) is 0 Å². The number of carbonyl (C=O) groups is 1. The second-order valence-corrected chi connectivity index (χ2v) is 3.47. The summed E-state index contributed by atoms with van der Waals surface area (Å²) < 4.78 is 30.0. The van der Waals surface area contributed by atoms with Gasteiger partial charge in [-0.1, -0.05) is 0 Å². The van der Waals surface area contributed by atoms with Crippen molar-refractivity contribution < 1.29 is 18.3 Å². The monoisotopic (exact) mass is 191 g/mol. The van der Waals surface area contributed by atoms with Crippen LogP contribution >= 0.6 is 0 Å². The third-order valence-electron chi connectivity index (χ3n) is 2.64. The van der Waals surface area contributed by atoms with Crippen molar-refractivity contribution in [1.29, 1.82) is 0 Å². The first-order valence-electron chi connectivity index (χ1n) is 4.38. The summed E-state index contributed by atoms with van der Waals surface area (Å²) in [5, 5.41) is 2.58. The van der Waals surface area contributed by atoms with Crippen molar-refractivity contribution in [2.45, 2.75) is 31.4 Å². The Hall–Kier alpha value is -0.710. The molecule has 74 valence electrons. The third-order valence-corrected chi connectivity index (χ3v) is 2.64. The molecule has 1 saturated carbocycles. The van der Waals surface area contributed by atoms with Gasteiger partial charge in [0.2, 0.25) is 0 Å². The lowest BCUT2D eigenvalue weighted by molar-refractivity contribution is -0.146. The number of esters is 1. The Kier molecular flexibility index (Phi) is 1.80. The van der Waals surface area contributed by atoms with Crippen LogP contribution in [0.15, 0.2) is 0 Å². The van der Waals surface area contributed by atoms with Crippen molar-refractivity contribution in [3.05, 3.63) is 0 Å². The molecule has 2 rings (SSSR count). The van der Waals surface area contributed by atoms with Gasteiger partial charge in [0.15, 0.2) is 0 Å². The Balaban J connectivity index is 1.87. The number of carbonyl (C=O) groups excluding carboxylic acids is 1. The van der Waals surface area contributed by atoms with Crippen LogP contribution in [0.3, 0.4) is 0 Å².